The van der Waals surface area contributed by atoms with Crippen molar-refractivity contribution in [3.05, 3.63) is 69.3 Å². The van der Waals surface area contributed by atoms with Crippen molar-refractivity contribution in [1.82, 2.24) is 15.8 Å². The summed E-state index contributed by atoms with van der Waals surface area (Å²) in [7, 11) is 0. The average molecular weight is 376 g/mol. The van der Waals surface area contributed by atoms with E-state index in [0.29, 0.717) is 21.5 Å². The molecule has 0 unspecified atom stereocenters. The smallest absolute Gasteiger partial charge is 0.287 e. The highest BCUT2D eigenvalue weighted by Gasteiger charge is 2.17. The van der Waals surface area contributed by atoms with Gasteiger partial charge in [-0.1, -0.05) is 42.3 Å². The number of benzene rings is 2. The Balaban J connectivity index is 1.71. The zero-order valence-electron chi connectivity index (χ0n) is 13.3. The van der Waals surface area contributed by atoms with Crippen molar-refractivity contribution in [3.63, 3.8) is 0 Å². The highest BCUT2D eigenvalue weighted by molar-refractivity contribution is 6.39. The van der Waals surface area contributed by atoms with Crippen molar-refractivity contribution >= 4 is 45.9 Å². The zero-order chi connectivity index (χ0) is 18.0. The molecule has 0 fully saturated rings. The summed E-state index contributed by atoms with van der Waals surface area (Å²) in [6, 6.07) is 12.2. The first-order valence-electron chi connectivity index (χ1n) is 7.66. The molecule has 1 heterocycles. The van der Waals surface area contributed by atoms with Gasteiger partial charge in [-0.05, 0) is 42.3 Å². The first-order chi connectivity index (χ1) is 12.0. The van der Waals surface area contributed by atoms with Gasteiger partial charge in [0, 0.05) is 21.5 Å². The second-order valence-electron chi connectivity index (χ2n) is 5.46. The largest absolute Gasteiger partial charge is 0.349 e. The molecule has 0 aliphatic heterocycles. The molecule has 0 spiro atoms. The van der Waals surface area contributed by atoms with E-state index in [2.05, 4.69) is 15.8 Å². The van der Waals surface area contributed by atoms with Crippen LogP contribution >= 0.6 is 23.2 Å². The van der Waals surface area contributed by atoms with Gasteiger partial charge >= 0.3 is 0 Å². The van der Waals surface area contributed by atoms with E-state index in [1.54, 1.807) is 30.3 Å². The predicted molar refractivity (Wildman–Crippen MR) is 99.1 cm³/mol. The van der Waals surface area contributed by atoms with Gasteiger partial charge in [-0.15, -0.1) is 0 Å². The van der Waals surface area contributed by atoms with Gasteiger partial charge in [-0.2, -0.15) is 0 Å². The maximum Gasteiger partial charge on any atom is 0.287 e. The van der Waals surface area contributed by atoms with E-state index in [9.17, 15) is 9.59 Å². The van der Waals surface area contributed by atoms with Crippen LogP contribution < -0.4 is 10.9 Å². The molecule has 0 radical (unpaired) electrons. The molecule has 128 valence electrons. The molecule has 3 aromatic rings. The maximum absolute atomic E-state index is 12.3. The molecule has 7 heteroatoms. The van der Waals surface area contributed by atoms with Crippen LogP contribution in [0.25, 0.3) is 10.9 Å². The molecule has 0 atom stereocenters. The summed E-state index contributed by atoms with van der Waals surface area (Å²) in [6.45, 7) is 2.03. The molecule has 5 nitrogen and oxygen atoms in total. The molecule has 3 N–H and O–H groups in total. The van der Waals surface area contributed by atoms with Crippen molar-refractivity contribution in [2.45, 2.75) is 13.3 Å². The highest BCUT2D eigenvalue weighted by Crippen LogP contribution is 2.29. The van der Waals surface area contributed by atoms with Gasteiger partial charge in [0.05, 0.1) is 5.02 Å². The third-order valence-corrected chi connectivity index (χ3v) is 4.47. The Hall–Kier alpha value is -2.50. The van der Waals surface area contributed by atoms with Crippen LogP contribution in [0.15, 0.2) is 42.5 Å². The number of nitrogens with one attached hydrogen (secondary N) is 3. The summed E-state index contributed by atoms with van der Waals surface area (Å²) < 4.78 is 0. The summed E-state index contributed by atoms with van der Waals surface area (Å²) in [5.74, 6) is -0.956. The number of aryl methyl sites for hydroxylation is 1. The number of aromatic nitrogens is 1. The first kappa shape index (κ1) is 17.3. The van der Waals surface area contributed by atoms with E-state index >= 15 is 0 Å². The van der Waals surface area contributed by atoms with E-state index in [1.165, 1.54) is 0 Å². The number of carbonyl (C=O) groups excluding carboxylic acids is 2. The third kappa shape index (κ3) is 3.62. The summed E-state index contributed by atoms with van der Waals surface area (Å²) in [5.41, 5.74) is 7.14. The fraction of sp³-hybridized carbons (Fsp3) is 0.111. The Kier molecular flexibility index (Phi) is 4.97. The lowest BCUT2D eigenvalue weighted by Gasteiger charge is -2.07. The molecule has 0 aliphatic carbocycles. The highest BCUT2D eigenvalue weighted by atomic mass is 35.5. The van der Waals surface area contributed by atoms with Crippen molar-refractivity contribution < 1.29 is 9.59 Å². The molecular formula is C18H15Cl2N3O2. The summed E-state index contributed by atoms with van der Waals surface area (Å²) >= 11 is 12.2. The normalized spacial score (nSPS) is 10.7. The summed E-state index contributed by atoms with van der Waals surface area (Å²) in [4.78, 5) is 27.3. The maximum atomic E-state index is 12.3. The molecule has 0 saturated heterocycles. The van der Waals surface area contributed by atoms with E-state index in [1.807, 2.05) is 19.1 Å². The minimum Gasteiger partial charge on any atom is -0.349 e. The van der Waals surface area contributed by atoms with E-state index < -0.39 is 11.8 Å². The van der Waals surface area contributed by atoms with Crippen LogP contribution in [-0.4, -0.2) is 16.8 Å². The van der Waals surface area contributed by atoms with Gasteiger partial charge in [0.25, 0.3) is 11.8 Å². The number of carbonyl (C=O) groups is 2. The summed E-state index contributed by atoms with van der Waals surface area (Å²) in [5, 5.41) is 1.40. The van der Waals surface area contributed by atoms with Gasteiger partial charge < -0.3 is 4.98 Å². The Morgan fingerprint density at radius 1 is 1.00 bits per heavy atom. The van der Waals surface area contributed by atoms with Crippen LogP contribution in [0.2, 0.25) is 10.0 Å². The van der Waals surface area contributed by atoms with Crippen molar-refractivity contribution in [3.8, 4) is 0 Å². The van der Waals surface area contributed by atoms with E-state index in [-0.39, 0.29) is 10.7 Å². The molecule has 2 amide bonds. The average Bonchev–Trinajstić information content (AvgIpc) is 2.96. The van der Waals surface area contributed by atoms with Crippen LogP contribution in [0.5, 0.6) is 0 Å². The predicted octanol–water partition coefficient (Wildman–Crippen LogP) is 4.11. The van der Waals surface area contributed by atoms with Gasteiger partial charge in [-0.3, -0.25) is 20.4 Å². The van der Waals surface area contributed by atoms with E-state index in [4.69, 9.17) is 23.2 Å². The van der Waals surface area contributed by atoms with Crippen LogP contribution in [-0.2, 0) is 6.42 Å². The lowest BCUT2D eigenvalue weighted by Crippen LogP contribution is -2.41. The van der Waals surface area contributed by atoms with Crippen LogP contribution in [0.4, 0.5) is 0 Å². The molecule has 25 heavy (non-hydrogen) atoms. The van der Waals surface area contributed by atoms with E-state index in [0.717, 1.165) is 12.0 Å². The molecule has 1 aromatic heterocycles. The monoisotopic (exact) mass is 375 g/mol. The fourth-order valence-electron chi connectivity index (χ4n) is 2.43. The fourth-order valence-corrected chi connectivity index (χ4v) is 2.89. The molecular weight excluding hydrogens is 361 g/mol. The Morgan fingerprint density at radius 3 is 2.36 bits per heavy atom. The third-order valence-electron chi connectivity index (χ3n) is 3.84. The van der Waals surface area contributed by atoms with Gasteiger partial charge in [-0.25, -0.2) is 0 Å². The van der Waals surface area contributed by atoms with Gasteiger partial charge in [0.2, 0.25) is 0 Å². The standard InChI is InChI=1S/C18H15Cl2N3O2/c1-2-10-3-5-11(6-4-10)17(24)22-23-18(25)16-15(20)13-9-12(19)7-8-14(13)21-16/h3-9,21H,2H2,1H3,(H,22,24)(H,23,25). The SMILES string of the molecule is CCc1ccc(C(=O)NNC(=O)c2[nH]c3ccc(Cl)cc3c2Cl)cc1. The molecule has 0 aliphatic rings. The Morgan fingerprint density at radius 2 is 1.68 bits per heavy atom. The summed E-state index contributed by atoms with van der Waals surface area (Å²) in [6.07, 6.45) is 0.890. The number of rotatable bonds is 3. The minimum atomic E-state index is -0.546. The van der Waals surface area contributed by atoms with Crippen molar-refractivity contribution in [1.29, 1.82) is 0 Å². The second-order valence-corrected chi connectivity index (χ2v) is 6.28. The zero-order valence-corrected chi connectivity index (χ0v) is 14.8. The number of H-pyrrole nitrogens is 1. The Bertz CT molecular complexity index is 949. The number of halogens is 2. The van der Waals surface area contributed by atoms with Crippen molar-refractivity contribution in [2.24, 2.45) is 0 Å². The van der Waals surface area contributed by atoms with Crippen LogP contribution in [0.1, 0.15) is 33.3 Å². The molecule has 2 aromatic carbocycles. The van der Waals surface area contributed by atoms with Crippen molar-refractivity contribution in [2.75, 3.05) is 0 Å². The topological polar surface area (TPSA) is 74.0 Å². The molecule has 0 bridgehead atoms. The minimum absolute atomic E-state index is 0.153. The Labute approximate surface area is 154 Å². The quantitative estimate of drug-likeness (QED) is 0.602. The van der Waals surface area contributed by atoms with Gasteiger partial charge in [0.15, 0.2) is 0 Å². The lowest BCUT2D eigenvalue weighted by atomic mass is 10.1. The number of aromatic amines is 1. The molecule has 0 saturated carbocycles. The van der Waals surface area contributed by atoms with Crippen LogP contribution in [0, 0.1) is 0 Å². The lowest BCUT2D eigenvalue weighted by molar-refractivity contribution is 0.0844. The van der Waals surface area contributed by atoms with Crippen LogP contribution in [0.3, 0.4) is 0 Å². The number of fused-ring (bicyclic) bond motifs is 1. The number of hydrogen-bond donors (Lipinski definition) is 3. The second kappa shape index (κ2) is 7.17. The van der Waals surface area contributed by atoms with Gasteiger partial charge in [0.1, 0.15) is 5.69 Å². The number of hydrazine groups is 1. The molecule has 3 rings (SSSR count). The number of amides is 2. The first-order valence-corrected chi connectivity index (χ1v) is 8.41. The number of hydrogen-bond acceptors (Lipinski definition) is 2.